The second-order valence-corrected chi connectivity index (χ2v) is 5.06. The molecule has 0 bridgehead atoms. The van der Waals surface area contributed by atoms with Crippen molar-refractivity contribution in [1.29, 1.82) is 0 Å². The molecule has 2 nitrogen and oxygen atoms in total. The van der Waals surface area contributed by atoms with Crippen LogP contribution in [0.2, 0.25) is 5.15 Å². The van der Waals surface area contributed by atoms with E-state index in [1.165, 1.54) is 25.7 Å². The van der Waals surface area contributed by atoms with Gasteiger partial charge in [0.25, 0.3) is 0 Å². The second-order valence-electron chi connectivity index (χ2n) is 4.70. The smallest absolute Gasteiger partial charge is 0.133 e. The Morgan fingerprint density at radius 2 is 2.25 bits per heavy atom. The van der Waals surface area contributed by atoms with E-state index >= 15 is 0 Å². The number of pyridine rings is 1. The lowest BCUT2D eigenvalue weighted by molar-refractivity contribution is 0.279. The van der Waals surface area contributed by atoms with Crippen LogP contribution in [0.15, 0.2) is 18.3 Å². The van der Waals surface area contributed by atoms with Crippen molar-refractivity contribution in [3.8, 4) is 0 Å². The van der Waals surface area contributed by atoms with Crippen molar-refractivity contribution in [2.75, 3.05) is 0 Å². The molecule has 1 aromatic heterocycles. The van der Waals surface area contributed by atoms with Crippen LogP contribution in [0, 0.1) is 5.92 Å². The topological polar surface area (TPSA) is 24.9 Å². The molecule has 1 aromatic rings. The minimum Gasteiger partial charge on any atom is -0.310 e. The molecular weight excluding hydrogens is 220 g/mol. The van der Waals surface area contributed by atoms with Crippen molar-refractivity contribution in [3.63, 3.8) is 0 Å². The van der Waals surface area contributed by atoms with Gasteiger partial charge in [-0.15, -0.1) is 0 Å². The summed E-state index contributed by atoms with van der Waals surface area (Å²) >= 11 is 6.03. The van der Waals surface area contributed by atoms with Crippen molar-refractivity contribution < 1.29 is 0 Å². The number of nitrogens with one attached hydrogen (secondary N) is 1. The first-order valence-corrected chi connectivity index (χ1v) is 6.48. The average Bonchev–Trinajstić information content (AvgIpc) is 2.30. The molecule has 88 valence electrons. The van der Waals surface area contributed by atoms with Gasteiger partial charge in [0, 0.05) is 24.3 Å². The largest absolute Gasteiger partial charge is 0.310 e. The van der Waals surface area contributed by atoms with Crippen LogP contribution < -0.4 is 5.32 Å². The van der Waals surface area contributed by atoms with E-state index in [2.05, 4.69) is 17.2 Å². The lowest BCUT2D eigenvalue weighted by Gasteiger charge is -2.29. The van der Waals surface area contributed by atoms with Crippen LogP contribution in [-0.2, 0) is 6.54 Å². The van der Waals surface area contributed by atoms with Gasteiger partial charge in [0.15, 0.2) is 0 Å². The zero-order chi connectivity index (χ0) is 11.4. The molecule has 2 rings (SSSR count). The van der Waals surface area contributed by atoms with Gasteiger partial charge in [0.05, 0.1) is 0 Å². The Morgan fingerprint density at radius 1 is 1.44 bits per heavy atom. The van der Waals surface area contributed by atoms with Crippen molar-refractivity contribution in [1.82, 2.24) is 10.3 Å². The van der Waals surface area contributed by atoms with E-state index in [1.807, 2.05) is 12.1 Å². The van der Waals surface area contributed by atoms with Crippen molar-refractivity contribution in [2.45, 2.75) is 45.2 Å². The van der Waals surface area contributed by atoms with Gasteiger partial charge in [-0.25, -0.2) is 4.98 Å². The fraction of sp³-hybridized carbons (Fsp3) is 0.615. The number of rotatable bonds is 3. The van der Waals surface area contributed by atoms with E-state index in [9.17, 15) is 0 Å². The predicted molar refractivity (Wildman–Crippen MR) is 67.5 cm³/mol. The summed E-state index contributed by atoms with van der Waals surface area (Å²) in [6, 6.07) is 4.62. The first-order valence-electron chi connectivity index (χ1n) is 6.10. The van der Waals surface area contributed by atoms with Crippen LogP contribution in [0.4, 0.5) is 0 Å². The number of hydrogen-bond acceptors (Lipinski definition) is 2. The lowest BCUT2D eigenvalue weighted by Crippen LogP contribution is -2.36. The van der Waals surface area contributed by atoms with Gasteiger partial charge < -0.3 is 5.32 Å². The van der Waals surface area contributed by atoms with Crippen LogP contribution in [0.3, 0.4) is 0 Å². The summed E-state index contributed by atoms with van der Waals surface area (Å²) in [5, 5.41) is 4.23. The minimum atomic E-state index is 0.624. The molecule has 16 heavy (non-hydrogen) atoms. The summed E-state index contributed by atoms with van der Waals surface area (Å²) in [7, 11) is 0. The lowest BCUT2D eigenvalue weighted by atomic mass is 9.86. The number of nitrogens with zero attached hydrogens (tertiary/aromatic N) is 1. The third kappa shape index (κ3) is 2.96. The highest BCUT2D eigenvalue weighted by Crippen LogP contribution is 2.24. The molecule has 0 aliphatic heterocycles. The van der Waals surface area contributed by atoms with Gasteiger partial charge in [-0.3, -0.25) is 0 Å². The monoisotopic (exact) mass is 238 g/mol. The Bertz CT molecular complexity index is 340. The van der Waals surface area contributed by atoms with Gasteiger partial charge in [-0.05, 0) is 24.8 Å². The molecule has 3 heteroatoms. The molecule has 1 saturated carbocycles. The van der Waals surface area contributed by atoms with E-state index in [0.717, 1.165) is 18.0 Å². The maximum Gasteiger partial charge on any atom is 0.133 e. The highest BCUT2D eigenvalue weighted by molar-refractivity contribution is 6.30. The highest BCUT2D eigenvalue weighted by atomic mass is 35.5. The van der Waals surface area contributed by atoms with E-state index in [0.29, 0.717) is 11.2 Å². The van der Waals surface area contributed by atoms with Crippen LogP contribution in [0.1, 0.15) is 38.2 Å². The minimum absolute atomic E-state index is 0.624. The fourth-order valence-electron chi connectivity index (χ4n) is 2.41. The first kappa shape index (κ1) is 11.9. The molecule has 2 atom stereocenters. The zero-order valence-electron chi connectivity index (χ0n) is 9.75. The van der Waals surface area contributed by atoms with Crippen molar-refractivity contribution in [3.05, 3.63) is 29.0 Å². The average molecular weight is 239 g/mol. The molecule has 1 N–H and O–H groups in total. The van der Waals surface area contributed by atoms with Gasteiger partial charge in [-0.2, -0.15) is 0 Å². The van der Waals surface area contributed by atoms with Gasteiger partial charge in [0.2, 0.25) is 0 Å². The molecule has 1 aliphatic rings. The third-order valence-electron chi connectivity index (χ3n) is 3.50. The molecule has 1 heterocycles. The quantitative estimate of drug-likeness (QED) is 0.817. The Labute approximate surface area is 102 Å². The molecule has 1 fully saturated rings. The van der Waals surface area contributed by atoms with E-state index < -0.39 is 0 Å². The Kier molecular flexibility index (Phi) is 4.19. The number of hydrogen-bond donors (Lipinski definition) is 1. The fourth-order valence-corrected chi connectivity index (χ4v) is 2.60. The summed E-state index contributed by atoms with van der Waals surface area (Å²) in [6.45, 7) is 3.17. The maximum absolute atomic E-state index is 6.03. The number of aromatic nitrogens is 1. The van der Waals surface area contributed by atoms with Crippen molar-refractivity contribution >= 4 is 11.6 Å². The van der Waals surface area contributed by atoms with E-state index in [-0.39, 0.29) is 0 Å². The zero-order valence-corrected chi connectivity index (χ0v) is 10.5. The Balaban J connectivity index is 1.89. The molecule has 2 unspecified atom stereocenters. The summed E-state index contributed by atoms with van der Waals surface area (Å²) in [5.74, 6) is 0.782. The first-order chi connectivity index (χ1) is 7.77. The maximum atomic E-state index is 6.03. The van der Waals surface area contributed by atoms with Crippen LogP contribution in [-0.4, -0.2) is 11.0 Å². The van der Waals surface area contributed by atoms with Gasteiger partial charge in [0.1, 0.15) is 5.15 Å². The SMILES string of the molecule is CC1CCCCC1NCc1cccnc1Cl. The van der Waals surface area contributed by atoms with Crippen LogP contribution >= 0.6 is 11.6 Å². The molecule has 1 aliphatic carbocycles. The van der Waals surface area contributed by atoms with Crippen molar-refractivity contribution in [2.24, 2.45) is 5.92 Å². The molecule has 0 radical (unpaired) electrons. The van der Waals surface area contributed by atoms with Gasteiger partial charge >= 0.3 is 0 Å². The molecule has 0 saturated heterocycles. The Hall–Kier alpha value is -0.600. The number of halogens is 1. The standard InChI is InChI=1S/C13H19ClN2/c1-10-5-2-3-7-12(10)16-9-11-6-4-8-15-13(11)14/h4,6,8,10,12,16H,2-3,5,7,9H2,1H3. The Morgan fingerprint density at radius 3 is 3.00 bits per heavy atom. The normalized spacial score (nSPS) is 25.6. The molecular formula is C13H19ClN2. The van der Waals surface area contributed by atoms with Gasteiger partial charge in [-0.1, -0.05) is 37.4 Å². The summed E-state index contributed by atoms with van der Waals surface area (Å²) < 4.78 is 0. The molecule has 0 aromatic carbocycles. The van der Waals surface area contributed by atoms with Crippen LogP contribution in [0.5, 0.6) is 0 Å². The summed E-state index contributed by atoms with van der Waals surface area (Å²) in [6.07, 6.45) is 7.10. The highest BCUT2D eigenvalue weighted by Gasteiger charge is 2.20. The third-order valence-corrected chi connectivity index (χ3v) is 3.84. The van der Waals surface area contributed by atoms with E-state index in [4.69, 9.17) is 11.6 Å². The summed E-state index contributed by atoms with van der Waals surface area (Å²) in [5.41, 5.74) is 1.10. The van der Waals surface area contributed by atoms with E-state index in [1.54, 1.807) is 6.20 Å². The molecule has 0 amide bonds. The van der Waals surface area contributed by atoms with Crippen LogP contribution in [0.25, 0.3) is 0 Å². The summed E-state index contributed by atoms with van der Waals surface area (Å²) in [4.78, 5) is 4.09. The predicted octanol–water partition coefficient (Wildman–Crippen LogP) is 3.40. The second kappa shape index (κ2) is 5.65. The molecule has 0 spiro atoms.